The fourth-order valence-corrected chi connectivity index (χ4v) is 1.26. The summed E-state index contributed by atoms with van der Waals surface area (Å²) in [5.41, 5.74) is 11.8. The van der Waals surface area contributed by atoms with Crippen molar-refractivity contribution >= 4 is 12.4 Å². The molecule has 1 rings (SSSR count). The van der Waals surface area contributed by atoms with E-state index in [4.69, 9.17) is 11.5 Å². The maximum Gasteiger partial charge on any atom is 0.573 e. The van der Waals surface area contributed by atoms with Crippen molar-refractivity contribution in [2.24, 2.45) is 11.5 Å². The van der Waals surface area contributed by atoms with E-state index in [1.807, 2.05) is 0 Å². The maximum atomic E-state index is 11.9. The van der Waals surface area contributed by atoms with Crippen molar-refractivity contribution < 1.29 is 17.9 Å². The minimum Gasteiger partial charge on any atom is -0.406 e. The number of ether oxygens (including phenoxy) is 1. The van der Waals surface area contributed by atoms with E-state index < -0.39 is 6.36 Å². The Kier molecular flexibility index (Phi) is 6.30. The highest BCUT2D eigenvalue weighted by atomic mass is 35.5. The molecule has 0 unspecified atom stereocenters. The van der Waals surface area contributed by atoms with Gasteiger partial charge in [0.05, 0.1) is 0 Å². The van der Waals surface area contributed by atoms with Crippen LogP contribution in [0, 0.1) is 0 Å². The Morgan fingerprint density at radius 2 is 1.71 bits per heavy atom. The van der Waals surface area contributed by atoms with E-state index in [9.17, 15) is 13.2 Å². The van der Waals surface area contributed by atoms with Gasteiger partial charge in [-0.3, -0.25) is 0 Å². The average Bonchev–Trinajstić information content (AvgIpc) is 2.16. The summed E-state index contributed by atoms with van der Waals surface area (Å²) in [6, 6.07) is 5.21. The lowest BCUT2D eigenvalue weighted by atomic mass is 10.1. The summed E-state index contributed by atoms with van der Waals surface area (Å²) < 4.78 is 39.3. The van der Waals surface area contributed by atoms with Crippen molar-refractivity contribution in [3.05, 3.63) is 29.8 Å². The summed E-state index contributed by atoms with van der Waals surface area (Å²) in [4.78, 5) is 0. The molecule has 0 spiro atoms. The molecule has 17 heavy (non-hydrogen) atoms. The Bertz CT molecular complexity index is 329. The summed E-state index contributed by atoms with van der Waals surface area (Å²) in [6.45, 7) is 0.433. The molecule has 98 valence electrons. The molecular weight excluding hydrogens is 257 g/mol. The zero-order valence-corrected chi connectivity index (χ0v) is 9.72. The van der Waals surface area contributed by atoms with Gasteiger partial charge in [-0.15, -0.1) is 25.6 Å². The number of benzene rings is 1. The van der Waals surface area contributed by atoms with Crippen LogP contribution in [0.15, 0.2) is 24.3 Å². The van der Waals surface area contributed by atoms with Gasteiger partial charge in [-0.2, -0.15) is 0 Å². The van der Waals surface area contributed by atoms with E-state index in [1.165, 1.54) is 24.3 Å². The van der Waals surface area contributed by atoms with Gasteiger partial charge in [0.1, 0.15) is 5.75 Å². The van der Waals surface area contributed by atoms with Crippen LogP contribution in [0.3, 0.4) is 0 Å². The molecule has 0 radical (unpaired) electrons. The maximum absolute atomic E-state index is 11.9. The van der Waals surface area contributed by atoms with Gasteiger partial charge < -0.3 is 16.2 Å². The highest BCUT2D eigenvalue weighted by Gasteiger charge is 2.30. The second-order valence-electron chi connectivity index (χ2n) is 3.30. The van der Waals surface area contributed by atoms with Crippen molar-refractivity contribution in [1.82, 2.24) is 0 Å². The van der Waals surface area contributed by atoms with E-state index in [0.717, 1.165) is 5.56 Å². The zero-order valence-electron chi connectivity index (χ0n) is 8.91. The molecular formula is C10H14ClF3N2O. The first-order valence-electron chi connectivity index (χ1n) is 4.74. The minimum absolute atomic E-state index is 0. The summed E-state index contributed by atoms with van der Waals surface area (Å²) in [7, 11) is 0. The van der Waals surface area contributed by atoms with Gasteiger partial charge in [-0.1, -0.05) is 12.1 Å². The first kappa shape index (κ1) is 16.0. The number of alkyl halides is 3. The molecule has 0 saturated carbocycles. The molecule has 0 bridgehead atoms. The van der Waals surface area contributed by atoms with Crippen LogP contribution in [0.4, 0.5) is 13.2 Å². The van der Waals surface area contributed by atoms with E-state index >= 15 is 0 Å². The van der Waals surface area contributed by atoms with Gasteiger partial charge in [-0.25, -0.2) is 0 Å². The largest absolute Gasteiger partial charge is 0.573 e. The third kappa shape index (κ3) is 5.76. The van der Waals surface area contributed by atoms with Crippen LogP contribution in [0.5, 0.6) is 5.75 Å². The number of nitrogens with two attached hydrogens (primary N) is 2. The second kappa shape index (κ2) is 6.68. The molecule has 7 heteroatoms. The molecule has 0 aromatic heterocycles. The van der Waals surface area contributed by atoms with Gasteiger partial charge in [0, 0.05) is 6.04 Å². The molecule has 0 heterocycles. The fourth-order valence-electron chi connectivity index (χ4n) is 1.26. The van der Waals surface area contributed by atoms with Crippen molar-refractivity contribution in [2.45, 2.75) is 18.8 Å². The van der Waals surface area contributed by atoms with E-state index in [-0.39, 0.29) is 24.2 Å². The van der Waals surface area contributed by atoms with E-state index in [2.05, 4.69) is 4.74 Å². The lowest BCUT2D eigenvalue weighted by Crippen LogP contribution is -2.17. The molecule has 0 aliphatic rings. The highest BCUT2D eigenvalue weighted by Crippen LogP contribution is 2.24. The monoisotopic (exact) mass is 270 g/mol. The van der Waals surface area contributed by atoms with Crippen LogP contribution < -0.4 is 16.2 Å². The lowest BCUT2D eigenvalue weighted by Gasteiger charge is -2.12. The molecule has 1 aromatic rings. The van der Waals surface area contributed by atoms with Crippen LogP contribution in [0.1, 0.15) is 18.0 Å². The quantitative estimate of drug-likeness (QED) is 0.883. The topological polar surface area (TPSA) is 61.3 Å². The third-order valence-electron chi connectivity index (χ3n) is 2.02. The van der Waals surface area contributed by atoms with Gasteiger partial charge in [-0.05, 0) is 30.7 Å². The Hall–Kier alpha value is -0.980. The molecule has 4 N–H and O–H groups in total. The van der Waals surface area contributed by atoms with Crippen molar-refractivity contribution in [3.8, 4) is 5.75 Å². The van der Waals surface area contributed by atoms with Crippen molar-refractivity contribution in [2.75, 3.05) is 6.54 Å². The summed E-state index contributed by atoms with van der Waals surface area (Å²) in [5, 5.41) is 0. The predicted octanol–water partition coefficient (Wildman–Crippen LogP) is 2.36. The Morgan fingerprint density at radius 1 is 1.18 bits per heavy atom. The van der Waals surface area contributed by atoms with Crippen molar-refractivity contribution in [3.63, 3.8) is 0 Å². The van der Waals surface area contributed by atoms with Crippen LogP contribution in [0.2, 0.25) is 0 Å². The average molecular weight is 271 g/mol. The molecule has 3 nitrogen and oxygen atoms in total. The predicted molar refractivity (Wildman–Crippen MR) is 61.0 cm³/mol. The molecule has 0 aliphatic heterocycles. The molecule has 1 aromatic carbocycles. The van der Waals surface area contributed by atoms with Gasteiger partial charge >= 0.3 is 6.36 Å². The first-order chi connectivity index (χ1) is 7.42. The first-order valence-corrected chi connectivity index (χ1v) is 4.74. The number of rotatable bonds is 4. The molecule has 1 atom stereocenters. The lowest BCUT2D eigenvalue weighted by molar-refractivity contribution is -0.274. The number of hydrogen-bond donors (Lipinski definition) is 2. The molecule has 0 amide bonds. The molecule has 0 saturated heterocycles. The smallest absolute Gasteiger partial charge is 0.406 e. The number of halogens is 4. The summed E-state index contributed by atoms with van der Waals surface area (Å²) in [6.07, 6.45) is -4.08. The third-order valence-corrected chi connectivity index (χ3v) is 2.02. The SMILES string of the molecule is Cl.NCC[C@H](N)c1ccc(OC(F)(F)F)cc1. The minimum atomic E-state index is -4.67. The zero-order chi connectivity index (χ0) is 12.2. The van der Waals surface area contributed by atoms with Crippen LogP contribution in [-0.4, -0.2) is 12.9 Å². The van der Waals surface area contributed by atoms with Crippen LogP contribution >= 0.6 is 12.4 Å². The number of hydrogen-bond acceptors (Lipinski definition) is 3. The van der Waals surface area contributed by atoms with E-state index in [1.54, 1.807) is 0 Å². The summed E-state index contributed by atoms with van der Waals surface area (Å²) in [5.74, 6) is -0.254. The van der Waals surface area contributed by atoms with E-state index in [0.29, 0.717) is 13.0 Å². The standard InChI is InChI=1S/C10H13F3N2O.ClH/c11-10(12,13)16-8-3-1-7(2-4-8)9(15)5-6-14;/h1-4,9H,5-6,14-15H2;1H/t9-;/m0./s1. The Labute approximate surface area is 103 Å². The molecule has 0 fully saturated rings. The van der Waals surface area contributed by atoms with Gasteiger partial charge in [0.15, 0.2) is 0 Å². The Morgan fingerprint density at radius 3 is 2.12 bits per heavy atom. The van der Waals surface area contributed by atoms with Crippen LogP contribution in [-0.2, 0) is 0 Å². The van der Waals surface area contributed by atoms with Crippen LogP contribution in [0.25, 0.3) is 0 Å². The Balaban J connectivity index is 0.00000256. The summed E-state index contributed by atoms with van der Waals surface area (Å²) >= 11 is 0. The van der Waals surface area contributed by atoms with Crippen molar-refractivity contribution in [1.29, 1.82) is 0 Å². The fraction of sp³-hybridized carbons (Fsp3) is 0.400. The molecule has 0 aliphatic carbocycles. The highest BCUT2D eigenvalue weighted by molar-refractivity contribution is 5.85. The second-order valence-corrected chi connectivity index (χ2v) is 3.30. The van der Waals surface area contributed by atoms with Gasteiger partial charge in [0.25, 0.3) is 0 Å². The van der Waals surface area contributed by atoms with Gasteiger partial charge in [0.2, 0.25) is 0 Å². The normalized spacial score (nSPS) is 12.8.